The molecule has 3 N–H and O–H groups in total. The maximum absolute atomic E-state index is 13.0. The first-order valence-corrected chi connectivity index (χ1v) is 14.1. The maximum atomic E-state index is 13.0. The molecule has 3 aromatic carbocycles. The average Bonchev–Trinajstić information content (AvgIpc) is 2.82. The van der Waals surface area contributed by atoms with Gasteiger partial charge in [-0.3, -0.25) is 4.79 Å². The Morgan fingerprint density at radius 1 is 1.11 bits per heavy atom. The largest absolute Gasteiger partial charge is 0.504 e. The molecule has 3 aromatic rings. The number of halogens is 2. The van der Waals surface area contributed by atoms with Gasteiger partial charge < -0.3 is 9.84 Å². The first kappa shape index (κ1) is 27.4. The van der Waals surface area contributed by atoms with E-state index in [9.17, 15) is 18.3 Å². The Kier molecular flexibility index (Phi) is 9.89. The molecule has 8 nitrogen and oxygen atoms in total. The second-order valence-electron chi connectivity index (χ2n) is 7.33. The fourth-order valence-electron chi connectivity index (χ4n) is 3.09. The zero-order valence-electron chi connectivity index (χ0n) is 18.6. The molecule has 0 radical (unpaired) electrons. The third-order valence-electron chi connectivity index (χ3n) is 4.76. The summed E-state index contributed by atoms with van der Waals surface area (Å²) in [5.74, 6) is -0.279. The third-order valence-corrected chi connectivity index (χ3v) is 7.79. The highest BCUT2D eigenvalue weighted by Crippen LogP contribution is 2.32. The number of phenols is 1. The summed E-state index contributed by atoms with van der Waals surface area (Å²) in [4.78, 5) is 13.0. The van der Waals surface area contributed by atoms with E-state index in [-0.39, 0.29) is 17.1 Å². The van der Waals surface area contributed by atoms with Gasteiger partial charge in [-0.25, -0.2) is 13.8 Å². The van der Waals surface area contributed by atoms with Crippen molar-refractivity contribution in [3.8, 4) is 11.5 Å². The van der Waals surface area contributed by atoms with E-state index in [1.165, 1.54) is 18.3 Å². The van der Waals surface area contributed by atoms with Crippen molar-refractivity contribution in [2.45, 2.75) is 24.3 Å². The van der Waals surface area contributed by atoms with Crippen molar-refractivity contribution in [3.63, 3.8) is 0 Å². The zero-order valence-corrected chi connectivity index (χ0v) is 23.7. The van der Waals surface area contributed by atoms with Crippen molar-refractivity contribution in [2.75, 3.05) is 6.61 Å². The molecule has 0 unspecified atom stereocenters. The van der Waals surface area contributed by atoms with E-state index in [2.05, 4.69) is 37.8 Å². The molecule has 1 atom stereocenters. The number of amides is 1. The lowest BCUT2D eigenvalue weighted by Gasteiger charge is -2.17. The number of carbonyl (C=O) groups excluding carboxylic acids is 1. The minimum absolute atomic E-state index is 0.0292. The quantitative estimate of drug-likeness (QED) is 0.166. The van der Waals surface area contributed by atoms with Crippen LogP contribution >= 0.6 is 45.2 Å². The molecule has 0 aliphatic rings. The third kappa shape index (κ3) is 7.88. The summed E-state index contributed by atoms with van der Waals surface area (Å²) in [6.07, 6.45) is 1.53. The number of rotatable bonds is 10. The first-order valence-electron chi connectivity index (χ1n) is 10.5. The van der Waals surface area contributed by atoms with Crippen LogP contribution in [0.3, 0.4) is 0 Å². The lowest BCUT2D eigenvalue weighted by molar-refractivity contribution is -0.122. The van der Waals surface area contributed by atoms with E-state index in [0.717, 1.165) is 9.13 Å². The Labute approximate surface area is 231 Å². The van der Waals surface area contributed by atoms with Crippen molar-refractivity contribution in [1.29, 1.82) is 0 Å². The summed E-state index contributed by atoms with van der Waals surface area (Å²) in [6.45, 7) is 2.18. The monoisotopic (exact) mass is 719 g/mol. The number of ether oxygens (including phenoxy) is 1. The van der Waals surface area contributed by atoms with Crippen molar-refractivity contribution >= 4 is 67.3 Å². The summed E-state index contributed by atoms with van der Waals surface area (Å²) in [5.41, 5.74) is 3.80. The topological polar surface area (TPSA) is 117 Å². The standard InChI is InChI=1S/C24H23I2N3O5S/c1-2-34-22-14-17(12-20(26)23(22)30)15-27-28-24(31)21(13-16-6-4-3-5-7-16)29-35(32,33)19-10-8-18(25)9-11-19/h3-12,14-15,21,29-30H,2,13H2,1H3,(H,28,31)/b27-15-/t21-/m1/s1. The highest BCUT2D eigenvalue weighted by molar-refractivity contribution is 14.1. The van der Waals surface area contributed by atoms with Gasteiger partial charge >= 0.3 is 0 Å². The number of hydrogen-bond acceptors (Lipinski definition) is 6. The fraction of sp³-hybridized carbons (Fsp3) is 0.167. The molecule has 0 heterocycles. The van der Waals surface area contributed by atoms with Crippen molar-refractivity contribution in [2.24, 2.45) is 5.10 Å². The summed E-state index contributed by atoms with van der Waals surface area (Å²) in [5, 5.41) is 14.1. The number of benzene rings is 3. The van der Waals surface area contributed by atoms with Gasteiger partial charge in [0, 0.05) is 3.57 Å². The van der Waals surface area contributed by atoms with Crippen LogP contribution < -0.4 is 14.9 Å². The number of hydrazone groups is 1. The molecule has 0 fully saturated rings. The molecule has 0 aliphatic heterocycles. The number of aromatic hydroxyl groups is 1. The van der Waals surface area contributed by atoms with Crippen LogP contribution in [0.15, 0.2) is 76.7 Å². The van der Waals surface area contributed by atoms with E-state index in [1.54, 1.807) is 31.2 Å². The second kappa shape index (κ2) is 12.6. The SMILES string of the molecule is CCOc1cc(/C=N\NC(=O)[C@@H](Cc2ccccc2)NS(=O)(=O)c2ccc(I)cc2)cc(I)c1O. The van der Waals surface area contributed by atoms with E-state index in [0.29, 0.717) is 21.5 Å². The van der Waals surface area contributed by atoms with Gasteiger partial charge in [-0.05, 0) is 106 Å². The molecule has 0 bridgehead atoms. The zero-order chi connectivity index (χ0) is 25.4. The van der Waals surface area contributed by atoms with Crippen LogP contribution in [0.2, 0.25) is 0 Å². The van der Waals surface area contributed by atoms with Crippen LogP contribution in [-0.4, -0.2) is 38.3 Å². The number of sulfonamides is 1. The number of nitrogens with zero attached hydrogens (tertiary/aromatic N) is 1. The van der Waals surface area contributed by atoms with Gasteiger partial charge in [-0.2, -0.15) is 9.82 Å². The minimum Gasteiger partial charge on any atom is -0.504 e. The predicted molar refractivity (Wildman–Crippen MR) is 151 cm³/mol. The Hall–Kier alpha value is -2.23. The van der Waals surface area contributed by atoms with E-state index >= 15 is 0 Å². The van der Waals surface area contributed by atoms with E-state index < -0.39 is 22.0 Å². The lowest BCUT2D eigenvalue weighted by Crippen LogP contribution is -2.46. The molecular formula is C24H23I2N3O5S. The molecule has 0 aromatic heterocycles. The van der Waals surface area contributed by atoms with E-state index in [4.69, 9.17) is 4.74 Å². The van der Waals surface area contributed by atoms with Gasteiger partial charge in [0.1, 0.15) is 6.04 Å². The number of hydrogen-bond donors (Lipinski definition) is 3. The summed E-state index contributed by atoms with van der Waals surface area (Å²) in [7, 11) is -3.95. The van der Waals surface area contributed by atoms with Gasteiger partial charge in [0.05, 0.1) is 21.3 Å². The predicted octanol–water partition coefficient (Wildman–Crippen LogP) is 4.04. The van der Waals surface area contributed by atoms with Crippen LogP contribution in [0.5, 0.6) is 11.5 Å². The van der Waals surface area contributed by atoms with Crippen LogP contribution in [-0.2, 0) is 21.2 Å². The molecule has 11 heteroatoms. The van der Waals surface area contributed by atoms with Crippen molar-refractivity contribution in [1.82, 2.24) is 10.1 Å². The van der Waals surface area contributed by atoms with Crippen molar-refractivity contribution in [3.05, 3.63) is 85.0 Å². The molecular weight excluding hydrogens is 696 g/mol. The molecule has 3 rings (SSSR count). The van der Waals surface area contributed by atoms with Crippen LogP contribution in [0, 0.1) is 7.14 Å². The van der Waals surface area contributed by atoms with Crippen LogP contribution in [0.4, 0.5) is 0 Å². The Bertz CT molecular complexity index is 1300. The Balaban J connectivity index is 1.79. The highest BCUT2D eigenvalue weighted by Gasteiger charge is 2.26. The summed E-state index contributed by atoms with van der Waals surface area (Å²) in [6, 6.07) is 17.6. The van der Waals surface area contributed by atoms with E-state index in [1.807, 2.05) is 52.9 Å². The Morgan fingerprint density at radius 2 is 1.80 bits per heavy atom. The Morgan fingerprint density at radius 3 is 2.46 bits per heavy atom. The summed E-state index contributed by atoms with van der Waals surface area (Å²) >= 11 is 4.06. The molecule has 0 aliphatic carbocycles. The first-order chi connectivity index (χ1) is 16.7. The normalized spacial score (nSPS) is 12.4. The van der Waals surface area contributed by atoms with Gasteiger partial charge in [0.15, 0.2) is 11.5 Å². The summed E-state index contributed by atoms with van der Waals surface area (Å²) < 4.78 is 35.3. The number of phenolic OH excluding ortho intramolecular Hbond substituents is 1. The molecule has 0 spiro atoms. The molecule has 184 valence electrons. The number of nitrogens with one attached hydrogen (secondary N) is 2. The number of carbonyl (C=O) groups is 1. The van der Waals surface area contributed by atoms with Gasteiger partial charge in [0.2, 0.25) is 10.0 Å². The average molecular weight is 719 g/mol. The van der Waals surface area contributed by atoms with Gasteiger partial charge in [0.25, 0.3) is 5.91 Å². The smallest absolute Gasteiger partial charge is 0.258 e. The fourth-order valence-corrected chi connectivity index (χ4v) is 5.27. The lowest BCUT2D eigenvalue weighted by atomic mass is 10.1. The molecule has 35 heavy (non-hydrogen) atoms. The minimum atomic E-state index is -3.95. The van der Waals surface area contributed by atoms with Crippen LogP contribution in [0.25, 0.3) is 0 Å². The molecule has 0 saturated carbocycles. The second-order valence-corrected chi connectivity index (χ2v) is 11.5. The molecule has 0 saturated heterocycles. The van der Waals surface area contributed by atoms with Crippen LogP contribution in [0.1, 0.15) is 18.1 Å². The van der Waals surface area contributed by atoms with Gasteiger partial charge in [-0.15, -0.1) is 0 Å². The molecule has 1 amide bonds. The van der Waals surface area contributed by atoms with Gasteiger partial charge in [-0.1, -0.05) is 30.3 Å². The maximum Gasteiger partial charge on any atom is 0.258 e. The highest BCUT2D eigenvalue weighted by atomic mass is 127. The van der Waals surface area contributed by atoms with Crippen molar-refractivity contribution < 1.29 is 23.1 Å².